The molecular formula is C24H25N3O4S. The standard InChI is InChI=1S/C24H25N3O4S/c1-15-4-2-5-18(8-15)25-24(32)27(13-19-6-3-7-29-19)12-17-9-16-10-21-22(31-14-30-21)11-20(16)26-23(17)28/h2,4-5,8-11,19H,3,6-7,12-14H2,1H3,(H,25,32)(H,26,28). The Bertz CT molecular complexity index is 1220. The predicted molar refractivity (Wildman–Crippen MR) is 127 cm³/mol. The number of hydrogen-bond donors (Lipinski definition) is 2. The van der Waals surface area contributed by atoms with E-state index in [1.807, 2.05) is 48.2 Å². The fraction of sp³-hybridized carbons (Fsp3) is 0.333. The van der Waals surface area contributed by atoms with Gasteiger partial charge in [-0.3, -0.25) is 4.79 Å². The summed E-state index contributed by atoms with van der Waals surface area (Å²) in [5.74, 6) is 1.33. The fourth-order valence-corrected chi connectivity index (χ4v) is 4.40. The maximum atomic E-state index is 12.9. The van der Waals surface area contributed by atoms with E-state index < -0.39 is 0 Å². The van der Waals surface area contributed by atoms with Gasteiger partial charge in [0, 0.05) is 35.9 Å². The lowest BCUT2D eigenvalue weighted by Gasteiger charge is -2.28. The molecule has 2 N–H and O–H groups in total. The van der Waals surface area contributed by atoms with Crippen molar-refractivity contribution >= 4 is 33.9 Å². The van der Waals surface area contributed by atoms with E-state index in [0.717, 1.165) is 36.1 Å². The number of anilines is 1. The molecule has 2 aliphatic heterocycles. The molecule has 32 heavy (non-hydrogen) atoms. The van der Waals surface area contributed by atoms with E-state index in [2.05, 4.69) is 10.3 Å². The number of rotatable bonds is 5. The molecule has 1 saturated heterocycles. The predicted octanol–water partition coefficient (Wildman–Crippen LogP) is 3.94. The molecule has 3 heterocycles. The molecule has 1 aromatic heterocycles. The van der Waals surface area contributed by atoms with Crippen LogP contribution in [0.4, 0.5) is 5.69 Å². The maximum Gasteiger partial charge on any atom is 0.253 e. The van der Waals surface area contributed by atoms with Crippen molar-refractivity contribution in [3.05, 3.63) is 63.9 Å². The number of hydrogen-bond acceptors (Lipinski definition) is 5. The summed E-state index contributed by atoms with van der Waals surface area (Å²) >= 11 is 5.75. The lowest BCUT2D eigenvalue weighted by atomic mass is 10.1. The largest absolute Gasteiger partial charge is 0.454 e. The minimum atomic E-state index is -0.146. The van der Waals surface area contributed by atoms with Crippen LogP contribution in [0.3, 0.4) is 0 Å². The second-order valence-corrected chi connectivity index (χ2v) is 8.62. The fourth-order valence-electron chi connectivity index (χ4n) is 4.14. The van der Waals surface area contributed by atoms with Crippen LogP contribution in [0, 0.1) is 6.92 Å². The van der Waals surface area contributed by atoms with Crippen molar-refractivity contribution in [2.75, 3.05) is 25.3 Å². The van der Waals surface area contributed by atoms with Crippen LogP contribution in [-0.4, -0.2) is 41.0 Å². The average molecular weight is 452 g/mol. The number of aryl methyl sites for hydroxylation is 1. The summed E-state index contributed by atoms with van der Waals surface area (Å²) in [7, 11) is 0. The number of nitrogens with zero attached hydrogens (tertiary/aromatic N) is 1. The highest BCUT2D eigenvalue weighted by atomic mass is 32.1. The Morgan fingerprint density at radius 3 is 2.84 bits per heavy atom. The molecule has 8 heteroatoms. The summed E-state index contributed by atoms with van der Waals surface area (Å²) in [4.78, 5) is 17.9. The van der Waals surface area contributed by atoms with Gasteiger partial charge in [0.25, 0.3) is 5.56 Å². The zero-order valence-corrected chi connectivity index (χ0v) is 18.7. The van der Waals surface area contributed by atoms with Gasteiger partial charge in [-0.15, -0.1) is 0 Å². The first kappa shape index (κ1) is 20.8. The van der Waals surface area contributed by atoms with Gasteiger partial charge in [-0.2, -0.15) is 0 Å². The first-order valence-corrected chi connectivity index (χ1v) is 11.2. The molecule has 1 unspecified atom stereocenters. The van der Waals surface area contributed by atoms with Crippen molar-refractivity contribution in [3.8, 4) is 11.5 Å². The van der Waals surface area contributed by atoms with Crippen LogP contribution in [0.15, 0.2) is 47.3 Å². The topological polar surface area (TPSA) is 75.8 Å². The second kappa shape index (κ2) is 8.80. The number of aromatic amines is 1. The number of benzene rings is 2. The quantitative estimate of drug-likeness (QED) is 0.569. The SMILES string of the molecule is Cc1cccc(NC(=S)N(Cc2cc3cc4c(cc3[nH]c2=O)OCO4)CC2CCCO2)c1. The van der Waals surface area contributed by atoms with E-state index in [4.69, 9.17) is 26.4 Å². The van der Waals surface area contributed by atoms with Gasteiger partial charge in [0.2, 0.25) is 6.79 Å². The molecule has 0 amide bonds. The Labute approximate surface area is 191 Å². The van der Waals surface area contributed by atoms with Gasteiger partial charge >= 0.3 is 0 Å². The number of H-pyrrole nitrogens is 1. The van der Waals surface area contributed by atoms with Gasteiger partial charge in [0.15, 0.2) is 16.6 Å². The molecule has 2 aliphatic rings. The van der Waals surface area contributed by atoms with Gasteiger partial charge in [0.05, 0.1) is 18.2 Å². The molecular weight excluding hydrogens is 426 g/mol. The minimum absolute atomic E-state index is 0.0978. The molecule has 0 radical (unpaired) electrons. The lowest BCUT2D eigenvalue weighted by molar-refractivity contribution is 0.0904. The van der Waals surface area contributed by atoms with Crippen LogP contribution in [0.5, 0.6) is 11.5 Å². The van der Waals surface area contributed by atoms with Crippen LogP contribution >= 0.6 is 12.2 Å². The van der Waals surface area contributed by atoms with E-state index in [-0.39, 0.29) is 18.5 Å². The van der Waals surface area contributed by atoms with Gasteiger partial charge < -0.3 is 29.4 Å². The summed E-state index contributed by atoms with van der Waals surface area (Å²) in [6, 6.07) is 13.6. The lowest BCUT2D eigenvalue weighted by Crippen LogP contribution is -2.40. The number of pyridine rings is 1. The molecule has 0 spiro atoms. The Morgan fingerprint density at radius 1 is 1.22 bits per heavy atom. The van der Waals surface area contributed by atoms with Crippen LogP contribution in [0.1, 0.15) is 24.0 Å². The van der Waals surface area contributed by atoms with Crippen molar-refractivity contribution in [1.82, 2.24) is 9.88 Å². The second-order valence-electron chi connectivity index (χ2n) is 8.23. The molecule has 0 aliphatic carbocycles. The molecule has 3 aromatic rings. The van der Waals surface area contributed by atoms with Crippen molar-refractivity contribution in [2.24, 2.45) is 0 Å². The first-order valence-electron chi connectivity index (χ1n) is 10.7. The van der Waals surface area contributed by atoms with Crippen molar-refractivity contribution < 1.29 is 14.2 Å². The Morgan fingerprint density at radius 2 is 2.06 bits per heavy atom. The van der Waals surface area contributed by atoms with Gasteiger partial charge in [-0.1, -0.05) is 12.1 Å². The Balaban J connectivity index is 1.42. The maximum absolute atomic E-state index is 12.9. The molecule has 2 aromatic carbocycles. The van der Waals surface area contributed by atoms with Gasteiger partial charge in [0.1, 0.15) is 0 Å². The Hall–Kier alpha value is -3.10. The normalized spacial score (nSPS) is 17.0. The Kier molecular flexibility index (Phi) is 5.71. The number of aromatic nitrogens is 1. The van der Waals surface area contributed by atoms with E-state index in [1.54, 1.807) is 6.07 Å². The van der Waals surface area contributed by atoms with Crippen molar-refractivity contribution in [1.29, 1.82) is 0 Å². The van der Waals surface area contributed by atoms with Crippen LogP contribution in [0.2, 0.25) is 0 Å². The highest BCUT2D eigenvalue weighted by molar-refractivity contribution is 7.80. The van der Waals surface area contributed by atoms with E-state index in [9.17, 15) is 4.79 Å². The molecule has 7 nitrogen and oxygen atoms in total. The molecule has 0 saturated carbocycles. The molecule has 0 bridgehead atoms. The number of ether oxygens (including phenoxy) is 3. The highest BCUT2D eigenvalue weighted by Crippen LogP contribution is 2.35. The summed E-state index contributed by atoms with van der Waals surface area (Å²) < 4.78 is 16.8. The molecule has 5 rings (SSSR count). The summed E-state index contributed by atoms with van der Waals surface area (Å²) in [6.45, 7) is 3.99. The van der Waals surface area contributed by atoms with Gasteiger partial charge in [-0.25, -0.2) is 0 Å². The highest BCUT2D eigenvalue weighted by Gasteiger charge is 2.23. The molecule has 166 valence electrons. The monoisotopic (exact) mass is 451 g/mol. The number of fused-ring (bicyclic) bond motifs is 2. The van der Waals surface area contributed by atoms with Crippen molar-refractivity contribution in [3.63, 3.8) is 0 Å². The third-order valence-electron chi connectivity index (χ3n) is 5.78. The smallest absolute Gasteiger partial charge is 0.253 e. The minimum Gasteiger partial charge on any atom is -0.454 e. The van der Waals surface area contributed by atoms with E-state index in [1.165, 1.54) is 0 Å². The third kappa shape index (κ3) is 4.42. The molecule has 1 fully saturated rings. The number of thiocarbonyl (C=S) groups is 1. The summed E-state index contributed by atoms with van der Waals surface area (Å²) in [5, 5.41) is 4.77. The first-order chi connectivity index (χ1) is 15.5. The third-order valence-corrected chi connectivity index (χ3v) is 6.14. The van der Waals surface area contributed by atoms with Crippen LogP contribution < -0.4 is 20.3 Å². The van der Waals surface area contributed by atoms with Crippen LogP contribution in [0.25, 0.3) is 10.9 Å². The van der Waals surface area contributed by atoms with Gasteiger partial charge in [-0.05, 0) is 61.8 Å². The van der Waals surface area contributed by atoms with E-state index >= 15 is 0 Å². The summed E-state index contributed by atoms with van der Waals surface area (Å²) in [5.41, 5.74) is 3.27. The van der Waals surface area contributed by atoms with E-state index in [0.29, 0.717) is 40.8 Å². The van der Waals surface area contributed by atoms with Crippen molar-refractivity contribution in [2.45, 2.75) is 32.4 Å². The zero-order chi connectivity index (χ0) is 22.1. The number of nitrogens with one attached hydrogen (secondary N) is 2. The zero-order valence-electron chi connectivity index (χ0n) is 17.8. The average Bonchev–Trinajstić information content (AvgIpc) is 3.44. The van der Waals surface area contributed by atoms with Crippen LogP contribution in [-0.2, 0) is 11.3 Å². The molecule has 1 atom stereocenters. The summed E-state index contributed by atoms with van der Waals surface area (Å²) in [6.07, 6.45) is 2.13.